The minimum absolute atomic E-state index is 0.192. The second kappa shape index (κ2) is 6.66. The number of rotatable bonds is 6. The summed E-state index contributed by atoms with van der Waals surface area (Å²) < 4.78 is 0. The van der Waals surface area contributed by atoms with Crippen LogP contribution in [0.15, 0.2) is 0 Å². The summed E-state index contributed by atoms with van der Waals surface area (Å²) in [7, 11) is 2.05. The first kappa shape index (κ1) is 14.9. The largest absolute Gasteiger partial charge is 0.368 e. The minimum atomic E-state index is 0.192. The fourth-order valence-electron chi connectivity index (χ4n) is 1.40. The van der Waals surface area contributed by atoms with Gasteiger partial charge in [-0.25, -0.2) is 9.97 Å². The molecule has 0 spiro atoms. The number of aldehydes is 1. The topological polar surface area (TPSA) is 58.1 Å². The van der Waals surface area contributed by atoms with Gasteiger partial charge in [-0.05, 0) is 27.8 Å². The van der Waals surface area contributed by atoms with Gasteiger partial charge in [0.1, 0.15) is 16.8 Å². The van der Waals surface area contributed by atoms with E-state index in [1.807, 2.05) is 7.05 Å². The van der Waals surface area contributed by atoms with Gasteiger partial charge < -0.3 is 10.2 Å². The summed E-state index contributed by atoms with van der Waals surface area (Å²) in [6.07, 6.45) is 0.677. The van der Waals surface area contributed by atoms with Crippen molar-refractivity contribution in [3.05, 3.63) is 16.5 Å². The van der Waals surface area contributed by atoms with Crippen LogP contribution in [0.25, 0.3) is 0 Å². The summed E-state index contributed by atoms with van der Waals surface area (Å²) in [5, 5.41) is 3.32. The summed E-state index contributed by atoms with van der Waals surface area (Å²) >= 11 is 5.89. The van der Waals surface area contributed by atoms with Crippen molar-refractivity contribution in [2.45, 2.75) is 26.8 Å². The Morgan fingerprint density at radius 1 is 1.44 bits per heavy atom. The molecule has 0 radical (unpaired) electrons. The third-order valence-corrected chi connectivity index (χ3v) is 3.06. The van der Waals surface area contributed by atoms with Gasteiger partial charge in [0, 0.05) is 19.1 Å². The van der Waals surface area contributed by atoms with Gasteiger partial charge in [0.2, 0.25) is 0 Å². The highest BCUT2D eigenvalue weighted by molar-refractivity contribution is 6.32. The zero-order valence-corrected chi connectivity index (χ0v) is 12.0. The van der Waals surface area contributed by atoms with Crippen molar-refractivity contribution in [1.29, 1.82) is 0 Å². The molecule has 1 aromatic rings. The zero-order valence-electron chi connectivity index (χ0n) is 11.2. The van der Waals surface area contributed by atoms with E-state index in [1.165, 1.54) is 0 Å². The van der Waals surface area contributed by atoms with Crippen molar-refractivity contribution >= 4 is 23.7 Å². The highest BCUT2D eigenvalue weighted by Crippen LogP contribution is 2.18. The van der Waals surface area contributed by atoms with E-state index in [0.29, 0.717) is 36.1 Å². The second-order valence-corrected chi connectivity index (χ2v) is 4.80. The molecule has 0 bridgehead atoms. The molecule has 6 heteroatoms. The van der Waals surface area contributed by atoms with Crippen LogP contribution in [0, 0.1) is 6.92 Å². The first-order valence-corrected chi connectivity index (χ1v) is 6.27. The van der Waals surface area contributed by atoms with E-state index in [9.17, 15) is 4.79 Å². The molecule has 0 saturated carbocycles. The lowest BCUT2D eigenvalue weighted by Gasteiger charge is -2.21. The van der Waals surface area contributed by atoms with E-state index < -0.39 is 0 Å². The molecule has 1 N–H and O–H groups in total. The molecule has 0 aliphatic heterocycles. The second-order valence-electron chi connectivity index (χ2n) is 4.44. The van der Waals surface area contributed by atoms with Crippen molar-refractivity contribution in [3.63, 3.8) is 0 Å². The molecular weight excluding hydrogens is 252 g/mol. The SMILES string of the molecule is Cc1nc(Cl)c(C=O)c(NCCN(C)C(C)C)n1. The van der Waals surface area contributed by atoms with Gasteiger partial charge in [-0.15, -0.1) is 0 Å². The van der Waals surface area contributed by atoms with E-state index in [-0.39, 0.29) is 5.15 Å². The van der Waals surface area contributed by atoms with E-state index in [2.05, 4.69) is 34.0 Å². The number of nitrogens with zero attached hydrogens (tertiary/aromatic N) is 3. The zero-order chi connectivity index (χ0) is 13.7. The molecule has 100 valence electrons. The Hall–Kier alpha value is -1.20. The maximum Gasteiger partial charge on any atom is 0.156 e. The predicted molar refractivity (Wildman–Crippen MR) is 73.4 cm³/mol. The van der Waals surface area contributed by atoms with Crippen LogP contribution >= 0.6 is 11.6 Å². The number of likely N-dealkylation sites (N-methyl/N-ethyl adjacent to an activating group) is 1. The number of aryl methyl sites for hydroxylation is 1. The van der Waals surface area contributed by atoms with Crippen LogP contribution in [0.3, 0.4) is 0 Å². The average Bonchev–Trinajstić information content (AvgIpc) is 2.28. The van der Waals surface area contributed by atoms with E-state index in [0.717, 1.165) is 6.54 Å². The maximum absolute atomic E-state index is 10.9. The Balaban J connectivity index is 2.70. The molecule has 0 unspecified atom stereocenters. The van der Waals surface area contributed by atoms with Crippen molar-refractivity contribution in [1.82, 2.24) is 14.9 Å². The number of carbonyl (C=O) groups is 1. The van der Waals surface area contributed by atoms with Gasteiger partial charge in [-0.2, -0.15) is 0 Å². The molecular formula is C12H19ClN4O. The molecule has 18 heavy (non-hydrogen) atoms. The van der Waals surface area contributed by atoms with Gasteiger partial charge >= 0.3 is 0 Å². The molecule has 1 heterocycles. The molecule has 5 nitrogen and oxygen atoms in total. The Kier molecular flexibility index (Phi) is 5.50. The Morgan fingerprint density at radius 2 is 2.11 bits per heavy atom. The fraction of sp³-hybridized carbons (Fsp3) is 0.583. The highest BCUT2D eigenvalue weighted by Gasteiger charge is 2.11. The van der Waals surface area contributed by atoms with E-state index >= 15 is 0 Å². The Morgan fingerprint density at radius 3 is 2.67 bits per heavy atom. The number of hydrogen-bond acceptors (Lipinski definition) is 5. The van der Waals surface area contributed by atoms with Crippen molar-refractivity contribution in [2.24, 2.45) is 0 Å². The van der Waals surface area contributed by atoms with E-state index in [1.54, 1.807) is 6.92 Å². The lowest BCUT2D eigenvalue weighted by atomic mass is 10.3. The number of hydrogen-bond donors (Lipinski definition) is 1. The molecule has 0 atom stereocenters. The van der Waals surface area contributed by atoms with Gasteiger partial charge in [0.25, 0.3) is 0 Å². The average molecular weight is 271 g/mol. The molecule has 1 rings (SSSR count). The molecule has 1 aromatic heterocycles. The minimum Gasteiger partial charge on any atom is -0.368 e. The number of halogens is 1. The normalized spacial score (nSPS) is 11.1. The maximum atomic E-state index is 10.9. The van der Waals surface area contributed by atoms with Crippen molar-refractivity contribution in [3.8, 4) is 0 Å². The molecule has 0 aliphatic rings. The van der Waals surface area contributed by atoms with E-state index in [4.69, 9.17) is 11.6 Å². The van der Waals surface area contributed by atoms with Crippen molar-refractivity contribution < 1.29 is 4.79 Å². The Labute approximate surface area is 113 Å². The number of aromatic nitrogens is 2. The Bertz CT molecular complexity index is 423. The highest BCUT2D eigenvalue weighted by atomic mass is 35.5. The summed E-state index contributed by atoms with van der Waals surface area (Å²) in [4.78, 5) is 21.3. The lowest BCUT2D eigenvalue weighted by molar-refractivity contribution is 0.112. The quantitative estimate of drug-likeness (QED) is 0.633. The lowest BCUT2D eigenvalue weighted by Crippen LogP contribution is -2.31. The van der Waals surface area contributed by atoms with Crippen LogP contribution in [0.1, 0.15) is 30.0 Å². The number of nitrogens with one attached hydrogen (secondary N) is 1. The number of carbonyl (C=O) groups excluding carboxylic acids is 1. The van der Waals surface area contributed by atoms with Gasteiger partial charge in [0.05, 0.1) is 5.56 Å². The summed E-state index contributed by atoms with van der Waals surface area (Å²) in [6.45, 7) is 7.55. The van der Waals surface area contributed by atoms with Crippen LogP contribution in [0.4, 0.5) is 5.82 Å². The van der Waals surface area contributed by atoms with Gasteiger partial charge in [0.15, 0.2) is 6.29 Å². The molecule has 0 fully saturated rings. The molecule has 0 aliphatic carbocycles. The third-order valence-electron chi connectivity index (χ3n) is 2.77. The molecule has 0 amide bonds. The summed E-state index contributed by atoms with van der Waals surface area (Å²) in [5.74, 6) is 1.05. The molecule has 0 saturated heterocycles. The van der Waals surface area contributed by atoms with Gasteiger partial charge in [-0.3, -0.25) is 4.79 Å². The predicted octanol–water partition coefficient (Wildman–Crippen LogP) is 2.00. The van der Waals surface area contributed by atoms with Gasteiger partial charge in [-0.1, -0.05) is 11.6 Å². The van der Waals surface area contributed by atoms with Crippen LogP contribution in [-0.2, 0) is 0 Å². The van der Waals surface area contributed by atoms with Crippen LogP contribution in [-0.4, -0.2) is 47.3 Å². The fourth-order valence-corrected chi connectivity index (χ4v) is 1.65. The third kappa shape index (κ3) is 3.92. The first-order valence-electron chi connectivity index (χ1n) is 5.89. The summed E-state index contributed by atoms with van der Waals surface area (Å²) in [6, 6.07) is 0.480. The molecule has 0 aromatic carbocycles. The van der Waals surface area contributed by atoms with Crippen LogP contribution in [0.5, 0.6) is 0 Å². The monoisotopic (exact) mass is 270 g/mol. The first-order chi connectivity index (χ1) is 8.45. The standard InChI is InChI=1S/C12H19ClN4O/c1-8(2)17(4)6-5-14-12-10(7-18)11(13)15-9(3)16-12/h7-8H,5-6H2,1-4H3,(H,14,15,16). The number of anilines is 1. The van der Waals surface area contributed by atoms with Crippen LogP contribution in [0.2, 0.25) is 5.15 Å². The van der Waals surface area contributed by atoms with Crippen LogP contribution < -0.4 is 5.32 Å². The van der Waals surface area contributed by atoms with Crippen molar-refractivity contribution in [2.75, 3.05) is 25.5 Å². The smallest absolute Gasteiger partial charge is 0.156 e. The summed E-state index contributed by atoms with van der Waals surface area (Å²) in [5.41, 5.74) is 0.314.